The van der Waals surface area contributed by atoms with Crippen LogP contribution in [0, 0.1) is 0 Å². The van der Waals surface area contributed by atoms with E-state index in [4.69, 9.17) is 18.9 Å². The summed E-state index contributed by atoms with van der Waals surface area (Å²) in [4.78, 5) is 13.1. The van der Waals surface area contributed by atoms with Gasteiger partial charge in [0.15, 0.2) is 0 Å². The van der Waals surface area contributed by atoms with Gasteiger partial charge in [0.25, 0.3) is 0 Å². The molecule has 0 saturated carbocycles. The fourth-order valence-electron chi connectivity index (χ4n) is 1.70. The summed E-state index contributed by atoms with van der Waals surface area (Å²) < 4.78 is 20.8. The predicted molar refractivity (Wildman–Crippen MR) is 68.6 cm³/mol. The molecule has 0 unspecified atom stereocenters. The summed E-state index contributed by atoms with van der Waals surface area (Å²) in [5.41, 5.74) is 0. The second-order valence-electron chi connectivity index (χ2n) is 4.33. The number of carbonyl (C=O) groups excluding carboxylic acids is 1. The Kier molecular flexibility index (Phi) is 6.79. The fourth-order valence-corrected chi connectivity index (χ4v) is 1.70. The molecule has 0 heterocycles. The zero-order valence-electron chi connectivity index (χ0n) is 11.8. The topological polar surface area (TPSA) is 69.3 Å². The van der Waals surface area contributed by atoms with E-state index >= 15 is 0 Å². The maximum atomic E-state index is 11.7. The molecule has 1 aliphatic rings. The maximum Gasteiger partial charge on any atom is 0.317 e. The molecule has 0 aliphatic heterocycles. The zero-order valence-corrected chi connectivity index (χ0v) is 11.8. The van der Waals surface area contributed by atoms with Gasteiger partial charge in [-0.2, -0.15) is 0 Å². The van der Waals surface area contributed by atoms with E-state index in [0.29, 0.717) is 0 Å². The fraction of sp³-hybridized carbons (Fsp3) is 0.750. The lowest BCUT2D eigenvalue weighted by molar-refractivity contribution is -0.142. The number of amides is 2. The van der Waals surface area contributed by atoms with Crippen LogP contribution in [-0.4, -0.2) is 71.1 Å². The second-order valence-corrected chi connectivity index (χ2v) is 4.33. The van der Waals surface area contributed by atoms with Crippen molar-refractivity contribution in [3.8, 4) is 0 Å². The van der Waals surface area contributed by atoms with Crippen LogP contribution in [0.4, 0.5) is 4.79 Å². The Balaban J connectivity index is 2.58. The van der Waals surface area contributed by atoms with Gasteiger partial charge in [0.05, 0.1) is 6.04 Å². The second kappa shape index (κ2) is 8.11. The molecule has 0 aromatic rings. The number of hydrogen-bond acceptors (Lipinski definition) is 5. The van der Waals surface area contributed by atoms with E-state index in [1.165, 1.54) is 4.90 Å². The summed E-state index contributed by atoms with van der Waals surface area (Å²) in [7, 11) is 6.45. The highest BCUT2D eigenvalue weighted by molar-refractivity contribution is 5.74. The lowest BCUT2D eigenvalue weighted by atomic mass is 10.2. The summed E-state index contributed by atoms with van der Waals surface area (Å²) in [6.45, 7) is 0.295. The molecule has 0 aromatic carbocycles. The number of nitrogens with one attached hydrogen (secondary N) is 1. The van der Waals surface area contributed by atoms with Crippen LogP contribution in [0.5, 0.6) is 0 Å². The lowest BCUT2D eigenvalue weighted by Gasteiger charge is -2.26. The number of nitrogens with zero attached hydrogens (tertiary/aromatic N) is 1. The molecule has 1 aliphatic carbocycles. The standard InChI is InChI=1S/C12H22N2O5/c1-14(2)12(15)13-9-5-6-10(18-7-16-3)11(9)19-8-17-4/h5-6,9-11H,7-8H2,1-4H3,(H,13,15)/t9-,10+,11+/m0/s1. The van der Waals surface area contributed by atoms with Gasteiger partial charge >= 0.3 is 6.03 Å². The first-order valence-corrected chi connectivity index (χ1v) is 5.97. The number of methoxy groups -OCH3 is 2. The highest BCUT2D eigenvalue weighted by Gasteiger charge is 2.34. The lowest BCUT2D eigenvalue weighted by Crippen LogP contribution is -2.48. The van der Waals surface area contributed by atoms with Crippen molar-refractivity contribution < 1.29 is 23.7 Å². The molecule has 110 valence electrons. The smallest absolute Gasteiger partial charge is 0.317 e. The van der Waals surface area contributed by atoms with Crippen molar-refractivity contribution in [2.45, 2.75) is 18.2 Å². The Morgan fingerprint density at radius 3 is 2.37 bits per heavy atom. The molecule has 1 N–H and O–H groups in total. The third-order valence-electron chi connectivity index (χ3n) is 2.64. The van der Waals surface area contributed by atoms with Gasteiger partial charge in [-0.1, -0.05) is 12.2 Å². The summed E-state index contributed by atoms with van der Waals surface area (Å²) in [6.07, 6.45) is 3.09. The van der Waals surface area contributed by atoms with Crippen molar-refractivity contribution in [1.29, 1.82) is 0 Å². The monoisotopic (exact) mass is 274 g/mol. The van der Waals surface area contributed by atoms with Gasteiger partial charge < -0.3 is 29.2 Å². The Hall–Kier alpha value is -1.15. The van der Waals surface area contributed by atoms with E-state index in [0.717, 1.165) is 0 Å². The molecule has 0 saturated heterocycles. The largest absolute Gasteiger partial charge is 0.359 e. The third-order valence-corrected chi connectivity index (χ3v) is 2.64. The van der Waals surface area contributed by atoms with Gasteiger partial charge in [-0.05, 0) is 0 Å². The van der Waals surface area contributed by atoms with E-state index in [-0.39, 0.29) is 37.9 Å². The molecular formula is C12H22N2O5. The van der Waals surface area contributed by atoms with Crippen molar-refractivity contribution in [2.24, 2.45) is 0 Å². The van der Waals surface area contributed by atoms with Crippen LogP contribution < -0.4 is 5.32 Å². The molecule has 0 spiro atoms. The van der Waals surface area contributed by atoms with E-state index in [2.05, 4.69) is 5.32 Å². The molecule has 0 fully saturated rings. The van der Waals surface area contributed by atoms with E-state index in [1.807, 2.05) is 12.2 Å². The first kappa shape index (κ1) is 15.9. The molecule has 0 aromatic heterocycles. The number of carbonyl (C=O) groups is 1. The molecule has 2 amide bonds. The van der Waals surface area contributed by atoms with Crippen molar-refractivity contribution in [3.05, 3.63) is 12.2 Å². The third kappa shape index (κ3) is 4.79. The molecule has 1 rings (SSSR count). The van der Waals surface area contributed by atoms with Crippen LogP contribution in [0.1, 0.15) is 0 Å². The molecule has 7 nitrogen and oxygen atoms in total. The number of rotatable bonds is 7. The van der Waals surface area contributed by atoms with E-state index < -0.39 is 0 Å². The minimum absolute atomic E-state index is 0.132. The van der Waals surface area contributed by atoms with Gasteiger partial charge in [0.1, 0.15) is 25.8 Å². The quantitative estimate of drug-likeness (QED) is 0.529. The normalized spacial score (nSPS) is 25.6. The van der Waals surface area contributed by atoms with Gasteiger partial charge in [-0.15, -0.1) is 0 Å². The van der Waals surface area contributed by atoms with Crippen molar-refractivity contribution in [2.75, 3.05) is 41.9 Å². The SMILES string of the molecule is COCO[C@@H]1[C@@H](NC(=O)N(C)C)C=C[C@H]1OCOC. The van der Waals surface area contributed by atoms with Gasteiger partial charge in [0.2, 0.25) is 0 Å². The van der Waals surface area contributed by atoms with Crippen LogP contribution in [0.25, 0.3) is 0 Å². The summed E-state index contributed by atoms with van der Waals surface area (Å²) in [6, 6.07) is -0.444. The molecular weight excluding hydrogens is 252 g/mol. The Bertz CT molecular complexity index is 308. The molecule has 0 radical (unpaired) electrons. The van der Waals surface area contributed by atoms with Crippen molar-refractivity contribution in [1.82, 2.24) is 10.2 Å². The van der Waals surface area contributed by atoms with Crippen molar-refractivity contribution >= 4 is 6.03 Å². The first-order chi connectivity index (χ1) is 9.10. The average Bonchev–Trinajstić information content (AvgIpc) is 2.76. The highest BCUT2D eigenvalue weighted by Crippen LogP contribution is 2.19. The predicted octanol–water partition coefficient (Wildman–Crippen LogP) is 0.174. The number of hydrogen-bond donors (Lipinski definition) is 1. The maximum absolute atomic E-state index is 11.7. The summed E-state index contributed by atoms with van der Waals surface area (Å²) >= 11 is 0. The minimum Gasteiger partial charge on any atom is -0.359 e. The molecule has 7 heteroatoms. The summed E-state index contributed by atoms with van der Waals surface area (Å²) in [5, 5.41) is 2.84. The Labute approximate surface area is 113 Å². The first-order valence-electron chi connectivity index (χ1n) is 5.97. The van der Waals surface area contributed by atoms with Crippen LogP contribution in [0.3, 0.4) is 0 Å². The number of ether oxygens (including phenoxy) is 4. The highest BCUT2D eigenvalue weighted by atomic mass is 16.7. The molecule has 0 bridgehead atoms. The molecule has 3 atom stereocenters. The zero-order chi connectivity index (χ0) is 14.3. The van der Waals surface area contributed by atoms with Crippen molar-refractivity contribution in [3.63, 3.8) is 0 Å². The van der Waals surface area contributed by atoms with Crippen LogP contribution >= 0.6 is 0 Å². The summed E-state index contributed by atoms with van der Waals surface area (Å²) in [5.74, 6) is 0. The van der Waals surface area contributed by atoms with Crippen LogP contribution in [0.15, 0.2) is 12.2 Å². The Morgan fingerprint density at radius 1 is 1.16 bits per heavy atom. The Morgan fingerprint density at radius 2 is 1.79 bits per heavy atom. The van der Waals surface area contributed by atoms with Crippen LogP contribution in [-0.2, 0) is 18.9 Å². The van der Waals surface area contributed by atoms with E-state index in [1.54, 1.807) is 28.3 Å². The molecule has 19 heavy (non-hydrogen) atoms. The van der Waals surface area contributed by atoms with Gasteiger partial charge in [-0.3, -0.25) is 0 Å². The average molecular weight is 274 g/mol. The van der Waals surface area contributed by atoms with Gasteiger partial charge in [0, 0.05) is 28.3 Å². The minimum atomic E-state index is -0.334. The van der Waals surface area contributed by atoms with Crippen LogP contribution in [0.2, 0.25) is 0 Å². The van der Waals surface area contributed by atoms with E-state index in [9.17, 15) is 4.79 Å². The number of urea groups is 1. The van der Waals surface area contributed by atoms with Gasteiger partial charge in [-0.25, -0.2) is 4.79 Å².